The van der Waals surface area contributed by atoms with Crippen molar-refractivity contribution in [3.8, 4) is 5.75 Å². The molecule has 2 aliphatic rings. The highest BCUT2D eigenvalue weighted by Crippen LogP contribution is 2.39. The van der Waals surface area contributed by atoms with Gasteiger partial charge in [-0.1, -0.05) is 31.0 Å². The van der Waals surface area contributed by atoms with E-state index in [2.05, 4.69) is 17.4 Å². The molecule has 0 spiro atoms. The lowest BCUT2D eigenvalue weighted by Crippen LogP contribution is -2.32. The molecule has 1 aliphatic heterocycles. The molecule has 4 nitrogen and oxygen atoms in total. The van der Waals surface area contributed by atoms with E-state index in [-0.39, 0.29) is 12.0 Å². The van der Waals surface area contributed by atoms with Crippen molar-refractivity contribution in [2.75, 3.05) is 25.2 Å². The van der Waals surface area contributed by atoms with Crippen LogP contribution < -0.4 is 10.1 Å². The van der Waals surface area contributed by atoms with Crippen molar-refractivity contribution in [2.24, 2.45) is 11.8 Å². The molecule has 1 heterocycles. The molecule has 1 aromatic rings. The monoisotopic (exact) mass is 337 g/mol. The minimum Gasteiger partial charge on any atom is -0.496 e. The Morgan fingerprint density at radius 1 is 1.22 bits per heavy atom. The lowest BCUT2D eigenvalue weighted by atomic mass is 9.90. The van der Waals surface area contributed by atoms with E-state index >= 15 is 0 Å². The predicted octanol–water partition coefficient (Wildman–Crippen LogP) is 2.95. The number of nitrogens with one attached hydrogen (secondary N) is 1. The fourth-order valence-corrected chi connectivity index (χ4v) is 5.93. The van der Waals surface area contributed by atoms with Gasteiger partial charge in [0.25, 0.3) is 0 Å². The molecular formula is C18H27NO3S. The molecule has 1 saturated carbocycles. The maximum atomic E-state index is 11.7. The number of rotatable bonds is 6. The maximum absolute atomic E-state index is 11.7. The van der Waals surface area contributed by atoms with Crippen molar-refractivity contribution in [1.29, 1.82) is 0 Å². The zero-order valence-electron chi connectivity index (χ0n) is 13.8. The lowest BCUT2D eigenvalue weighted by Gasteiger charge is -2.28. The SMILES string of the molecule is COc1ccccc1[C@H](NC[C@@H]1CCS(=O)(=O)C1)C1CCCC1. The summed E-state index contributed by atoms with van der Waals surface area (Å²) in [5.74, 6) is 2.48. The third-order valence-electron chi connectivity index (χ3n) is 5.30. The van der Waals surface area contributed by atoms with Gasteiger partial charge in [-0.15, -0.1) is 0 Å². The molecule has 0 unspecified atom stereocenters. The van der Waals surface area contributed by atoms with Crippen LogP contribution in [0.25, 0.3) is 0 Å². The van der Waals surface area contributed by atoms with Gasteiger partial charge >= 0.3 is 0 Å². The van der Waals surface area contributed by atoms with Crippen LogP contribution in [0.5, 0.6) is 5.75 Å². The van der Waals surface area contributed by atoms with Crippen LogP contribution in [0.4, 0.5) is 0 Å². The van der Waals surface area contributed by atoms with Gasteiger partial charge in [0.05, 0.1) is 18.6 Å². The highest BCUT2D eigenvalue weighted by molar-refractivity contribution is 7.91. The molecule has 2 atom stereocenters. The van der Waals surface area contributed by atoms with Crippen molar-refractivity contribution >= 4 is 9.84 Å². The van der Waals surface area contributed by atoms with E-state index in [1.54, 1.807) is 7.11 Å². The second kappa shape index (κ2) is 7.22. The van der Waals surface area contributed by atoms with E-state index in [4.69, 9.17) is 4.74 Å². The summed E-state index contributed by atoms with van der Waals surface area (Å²) in [6.07, 6.45) is 5.83. The quantitative estimate of drug-likeness (QED) is 0.867. The molecule has 128 valence electrons. The largest absolute Gasteiger partial charge is 0.496 e. The van der Waals surface area contributed by atoms with Crippen molar-refractivity contribution in [1.82, 2.24) is 5.32 Å². The van der Waals surface area contributed by atoms with E-state index < -0.39 is 9.84 Å². The number of para-hydroxylation sites is 1. The van der Waals surface area contributed by atoms with Crippen LogP contribution in [0, 0.1) is 11.8 Å². The van der Waals surface area contributed by atoms with Crippen LogP contribution in [0.1, 0.15) is 43.7 Å². The average Bonchev–Trinajstić information content (AvgIpc) is 3.18. The first-order chi connectivity index (χ1) is 11.1. The average molecular weight is 337 g/mol. The zero-order chi connectivity index (χ0) is 16.3. The fraction of sp³-hybridized carbons (Fsp3) is 0.667. The van der Waals surface area contributed by atoms with E-state index in [0.717, 1.165) is 18.7 Å². The second-order valence-electron chi connectivity index (χ2n) is 6.94. The molecule has 1 aromatic carbocycles. The molecule has 0 bridgehead atoms. The Kier molecular flexibility index (Phi) is 5.27. The molecular weight excluding hydrogens is 310 g/mol. The maximum Gasteiger partial charge on any atom is 0.150 e. The van der Waals surface area contributed by atoms with E-state index in [1.165, 1.54) is 31.2 Å². The topological polar surface area (TPSA) is 55.4 Å². The predicted molar refractivity (Wildman–Crippen MR) is 92.5 cm³/mol. The zero-order valence-corrected chi connectivity index (χ0v) is 14.6. The van der Waals surface area contributed by atoms with Gasteiger partial charge in [-0.05, 0) is 43.7 Å². The summed E-state index contributed by atoms with van der Waals surface area (Å²) < 4.78 is 28.9. The highest BCUT2D eigenvalue weighted by Gasteiger charge is 2.31. The Labute approximate surface area is 139 Å². The first kappa shape index (κ1) is 16.8. The number of sulfone groups is 1. The molecule has 3 rings (SSSR count). The summed E-state index contributed by atoms with van der Waals surface area (Å²) in [5.41, 5.74) is 1.21. The van der Waals surface area contributed by atoms with Gasteiger partial charge in [0, 0.05) is 11.6 Å². The normalized spacial score (nSPS) is 25.5. The highest BCUT2D eigenvalue weighted by atomic mass is 32.2. The van der Waals surface area contributed by atoms with Gasteiger partial charge in [-0.25, -0.2) is 8.42 Å². The Morgan fingerprint density at radius 2 is 1.96 bits per heavy atom. The van der Waals surface area contributed by atoms with Crippen molar-refractivity contribution in [2.45, 2.75) is 38.1 Å². The Hall–Kier alpha value is -1.07. The number of hydrogen-bond acceptors (Lipinski definition) is 4. The minimum absolute atomic E-state index is 0.249. The summed E-state index contributed by atoms with van der Waals surface area (Å²) in [6.45, 7) is 0.776. The van der Waals surface area contributed by atoms with Crippen LogP contribution in [-0.4, -0.2) is 33.6 Å². The first-order valence-corrected chi connectivity index (χ1v) is 10.5. The second-order valence-corrected chi connectivity index (χ2v) is 9.17. The smallest absolute Gasteiger partial charge is 0.150 e. The molecule has 5 heteroatoms. The molecule has 1 aliphatic carbocycles. The Balaban J connectivity index is 1.73. The minimum atomic E-state index is -2.80. The molecule has 0 amide bonds. The summed E-state index contributed by atoms with van der Waals surface area (Å²) in [7, 11) is -1.09. The molecule has 1 saturated heterocycles. The van der Waals surface area contributed by atoms with Gasteiger partial charge in [-0.2, -0.15) is 0 Å². The van der Waals surface area contributed by atoms with Gasteiger partial charge in [0.2, 0.25) is 0 Å². The molecule has 1 N–H and O–H groups in total. The van der Waals surface area contributed by atoms with Crippen LogP contribution >= 0.6 is 0 Å². The number of methoxy groups -OCH3 is 1. The van der Waals surface area contributed by atoms with Crippen molar-refractivity contribution in [3.05, 3.63) is 29.8 Å². The van der Waals surface area contributed by atoms with Crippen LogP contribution in [-0.2, 0) is 9.84 Å². The first-order valence-electron chi connectivity index (χ1n) is 8.66. The van der Waals surface area contributed by atoms with Gasteiger partial charge in [0.15, 0.2) is 9.84 Å². The molecule has 0 aromatic heterocycles. The van der Waals surface area contributed by atoms with Gasteiger partial charge in [0.1, 0.15) is 5.75 Å². The third kappa shape index (κ3) is 4.07. The summed E-state index contributed by atoms with van der Waals surface area (Å²) in [4.78, 5) is 0. The molecule has 2 fully saturated rings. The van der Waals surface area contributed by atoms with E-state index in [1.807, 2.05) is 12.1 Å². The van der Waals surface area contributed by atoms with Crippen molar-refractivity contribution < 1.29 is 13.2 Å². The van der Waals surface area contributed by atoms with Crippen LogP contribution in [0.3, 0.4) is 0 Å². The Morgan fingerprint density at radius 3 is 2.61 bits per heavy atom. The number of ether oxygens (including phenoxy) is 1. The summed E-state index contributed by atoms with van der Waals surface area (Å²) >= 11 is 0. The Bertz CT molecular complexity index is 623. The van der Waals surface area contributed by atoms with E-state index in [9.17, 15) is 8.42 Å². The van der Waals surface area contributed by atoms with E-state index in [0.29, 0.717) is 17.4 Å². The van der Waals surface area contributed by atoms with Crippen molar-refractivity contribution in [3.63, 3.8) is 0 Å². The lowest BCUT2D eigenvalue weighted by molar-refractivity contribution is 0.330. The fourth-order valence-electron chi connectivity index (χ4n) is 4.07. The molecule has 23 heavy (non-hydrogen) atoms. The molecule has 0 radical (unpaired) electrons. The summed E-state index contributed by atoms with van der Waals surface area (Å²) in [6, 6.07) is 8.47. The number of benzene rings is 1. The summed E-state index contributed by atoms with van der Waals surface area (Å²) in [5, 5.41) is 3.69. The van der Waals surface area contributed by atoms with Crippen LogP contribution in [0.15, 0.2) is 24.3 Å². The number of hydrogen-bond donors (Lipinski definition) is 1. The van der Waals surface area contributed by atoms with Gasteiger partial charge in [-0.3, -0.25) is 0 Å². The van der Waals surface area contributed by atoms with Gasteiger partial charge < -0.3 is 10.1 Å². The van der Waals surface area contributed by atoms with Crippen LogP contribution in [0.2, 0.25) is 0 Å². The standard InChI is InChI=1S/C18H27NO3S/c1-22-17-9-5-4-8-16(17)18(15-6-2-3-7-15)19-12-14-10-11-23(20,21)13-14/h4-5,8-9,14-15,18-19H,2-3,6-7,10-13H2,1H3/t14-,18+/m0/s1. The third-order valence-corrected chi connectivity index (χ3v) is 7.14.